The van der Waals surface area contributed by atoms with Crippen molar-refractivity contribution < 1.29 is 14.3 Å². The maximum Gasteiger partial charge on any atom is 0.339 e. The molecule has 0 amide bonds. The second-order valence-electron chi connectivity index (χ2n) is 6.21. The first-order chi connectivity index (χ1) is 10.6. The summed E-state index contributed by atoms with van der Waals surface area (Å²) >= 11 is 6.33. The summed E-state index contributed by atoms with van der Waals surface area (Å²) in [6, 6.07) is 0.108. The number of carbonyl (C=O) groups is 1. The molecule has 0 heterocycles. The van der Waals surface area contributed by atoms with Crippen LogP contribution in [0, 0.1) is 0 Å². The second kappa shape index (κ2) is 9.90. The molecule has 0 aromatic rings. The van der Waals surface area contributed by atoms with E-state index in [9.17, 15) is 4.79 Å². The Morgan fingerprint density at radius 1 is 1.35 bits per heavy atom. The van der Waals surface area contributed by atoms with E-state index in [1.54, 1.807) is 7.05 Å². The van der Waals surface area contributed by atoms with Gasteiger partial charge in [0.2, 0.25) is 0 Å². The summed E-state index contributed by atoms with van der Waals surface area (Å²) in [5, 5.41) is 0.247. The van der Waals surface area contributed by atoms with Crippen LogP contribution in [0.15, 0.2) is 15.7 Å². The molecule has 23 heavy (non-hydrogen) atoms. The van der Waals surface area contributed by atoms with E-state index in [-0.39, 0.29) is 11.2 Å². The van der Waals surface area contributed by atoms with Crippen LogP contribution in [-0.2, 0) is 14.3 Å². The maximum absolute atomic E-state index is 12.3. The van der Waals surface area contributed by atoms with Crippen molar-refractivity contribution in [1.29, 1.82) is 0 Å². The lowest BCUT2D eigenvalue weighted by Gasteiger charge is -2.28. The molecule has 2 unspecified atom stereocenters. The van der Waals surface area contributed by atoms with Gasteiger partial charge in [-0.05, 0) is 41.0 Å². The Kier molecular flexibility index (Phi) is 9.42. The number of ether oxygens (including phenoxy) is 2. The zero-order valence-corrected chi connectivity index (χ0v) is 16.2. The lowest BCUT2D eigenvalue weighted by Crippen LogP contribution is -2.40. The number of hydrogen-bond donors (Lipinski definition) is 2. The highest BCUT2D eigenvalue weighted by molar-refractivity contribution is 6.32. The van der Waals surface area contributed by atoms with E-state index >= 15 is 0 Å². The van der Waals surface area contributed by atoms with E-state index < -0.39 is 17.7 Å². The predicted octanol–water partition coefficient (Wildman–Crippen LogP) is 2.78. The maximum atomic E-state index is 12.3. The second-order valence-corrected chi connectivity index (χ2v) is 6.59. The Labute approximate surface area is 144 Å². The van der Waals surface area contributed by atoms with E-state index in [0.29, 0.717) is 11.3 Å². The molecule has 0 saturated heterocycles. The highest BCUT2D eigenvalue weighted by Crippen LogP contribution is 2.23. The van der Waals surface area contributed by atoms with Crippen molar-refractivity contribution in [3.8, 4) is 0 Å². The van der Waals surface area contributed by atoms with Crippen molar-refractivity contribution in [1.82, 2.24) is 10.9 Å². The van der Waals surface area contributed by atoms with Crippen molar-refractivity contribution >= 4 is 23.3 Å². The van der Waals surface area contributed by atoms with Crippen LogP contribution >= 0.6 is 11.6 Å². The van der Waals surface area contributed by atoms with Gasteiger partial charge in [-0.15, -0.1) is 0 Å². The Morgan fingerprint density at radius 2 is 1.91 bits per heavy atom. The van der Waals surface area contributed by atoms with Crippen molar-refractivity contribution in [3.63, 3.8) is 0 Å². The van der Waals surface area contributed by atoms with Gasteiger partial charge in [0.1, 0.15) is 5.16 Å². The minimum Gasteiger partial charge on any atom is -0.467 e. The van der Waals surface area contributed by atoms with Crippen LogP contribution in [0.2, 0.25) is 0 Å². The van der Waals surface area contributed by atoms with Gasteiger partial charge in [-0.2, -0.15) is 0 Å². The molecule has 0 aromatic carbocycles. The lowest BCUT2D eigenvalue weighted by molar-refractivity contribution is -0.158. The Balaban J connectivity index is 6.00. The molecule has 0 saturated carbocycles. The van der Waals surface area contributed by atoms with Gasteiger partial charge in [0, 0.05) is 24.4 Å². The molecule has 0 aliphatic heterocycles. The standard InChI is InChI=1S/C16H30ClN3O3/c1-9-10(2)19-11(3)12(14(17)20-18-7)13(15(21)22-8)23-16(4,5)6/h10,13,18,20H,9H2,1-8H3/b14-12+,19-11-. The van der Waals surface area contributed by atoms with E-state index in [0.717, 1.165) is 6.42 Å². The summed E-state index contributed by atoms with van der Waals surface area (Å²) in [6.07, 6.45) is -0.0915. The fourth-order valence-corrected chi connectivity index (χ4v) is 2.15. The molecule has 0 aromatic heterocycles. The average molecular weight is 348 g/mol. The minimum atomic E-state index is -0.971. The van der Waals surface area contributed by atoms with E-state index in [2.05, 4.69) is 15.8 Å². The van der Waals surface area contributed by atoms with Crippen LogP contribution in [0.4, 0.5) is 0 Å². The number of hydrogen-bond acceptors (Lipinski definition) is 6. The molecule has 7 heteroatoms. The van der Waals surface area contributed by atoms with Crippen LogP contribution in [0.5, 0.6) is 0 Å². The topological polar surface area (TPSA) is 72.0 Å². The molecule has 0 spiro atoms. The van der Waals surface area contributed by atoms with Gasteiger partial charge in [-0.3, -0.25) is 4.99 Å². The SMILES string of the molecule is CCC(C)/N=C(C)\C(=C(\Cl)NNC)C(OC(C)(C)C)C(=O)OC. The van der Waals surface area contributed by atoms with Gasteiger partial charge in [0.25, 0.3) is 0 Å². The zero-order valence-electron chi connectivity index (χ0n) is 15.4. The average Bonchev–Trinajstić information content (AvgIpc) is 2.44. The molecule has 0 aliphatic carbocycles. The number of methoxy groups -OCH3 is 1. The van der Waals surface area contributed by atoms with Crippen LogP contribution in [0.1, 0.15) is 48.0 Å². The summed E-state index contributed by atoms with van der Waals surface area (Å²) in [5.74, 6) is -0.523. The number of carbonyl (C=O) groups excluding carboxylic acids is 1. The van der Waals surface area contributed by atoms with Gasteiger partial charge in [-0.1, -0.05) is 18.5 Å². The largest absolute Gasteiger partial charge is 0.467 e. The summed E-state index contributed by atoms with van der Waals surface area (Å²) in [5.41, 5.74) is 6.07. The molecule has 134 valence electrons. The summed E-state index contributed by atoms with van der Waals surface area (Å²) < 4.78 is 10.8. The van der Waals surface area contributed by atoms with Gasteiger partial charge >= 0.3 is 5.97 Å². The number of aliphatic imine (C=N–C) groups is 1. The molecule has 2 N–H and O–H groups in total. The molecule has 2 atom stereocenters. The lowest BCUT2D eigenvalue weighted by atomic mass is 10.0. The first kappa shape index (κ1) is 21.9. The molecular weight excluding hydrogens is 318 g/mol. The summed E-state index contributed by atoms with van der Waals surface area (Å²) in [6.45, 7) is 11.4. The Bertz CT molecular complexity index is 456. The van der Waals surface area contributed by atoms with Crippen molar-refractivity contribution in [3.05, 3.63) is 10.7 Å². The normalized spacial score (nSPS) is 16.5. The van der Waals surface area contributed by atoms with Crippen LogP contribution in [0.25, 0.3) is 0 Å². The third-order valence-corrected chi connectivity index (χ3v) is 3.31. The Hall–Kier alpha value is -1.11. The zero-order chi connectivity index (χ0) is 18.2. The number of nitrogens with zero attached hydrogens (tertiary/aromatic N) is 1. The molecule has 0 aliphatic rings. The van der Waals surface area contributed by atoms with E-state index in [1.165, 1.54) is 7.11 Å². The highest BCUT2D eigenvalue weighted by atomic mass is 35.5. The molecule has 0 rings (SSSR count). The van der Waals surface area contributed by atoms with Crippen LogP contribution in [0.3, 0.4) is 0 Å². The molecule has 0 bridgehead atoms. The fourth-order valence-electron chi connectivity index (χ4n) is 1.82. The number of esters is 1. The van der Waals surface area contributed by atoms with Crippen LogP contribution < -0.4 is 10.9 Å². The summed E-state index contributed by atoms with van der Waals surface area (Å²) in [7, 11) is 3.00. The first-order valence-electron chi connectivity index (χ1n) is 7.70. The summed E-state index contributed by atoms with van der Waals surface area (Å²) in [4.78, 5) is 16.8. The number of nitrogens with one attached hydrogen (secondary N) is 2. The molecular formula is C16H30ClN3O3. The van der Waals surface area contributed by atoms with Crippen molar-refractivity contribution in [2.24, 2.45) is 4.99 Å². The quantitative estimate of drug-likeness (QED) is 0.306. The third-order valence-electron chi connectivity index (χ3n) is 3.01. The van der Waals surface area contributed by atoms with E-state index in [1.807, 2.05) is 41.5 Å². The molecule has 0 radical (unpaired) electrons. The van der Waals surface area contributed by atoms with Crippen LogP contribution in [-0.4, -0.2) is 43.6 Å². The van der Waals surface area contributed by atoms with Gasteiger partial charge in [-0.25, -0.2) is 10.2 Å². The van der Waals surface area contributed by atoms with Gasteiger partial charge in [0.15, 0.2) is 6.10 Å². The van der Waals surface area contributed by atoms with Crippen molar-refractivity contribution in [2.75, 3.05) is 14.2 Å². The smallest absolute Gasteiger partial charge is 0.339 e. The predicted molar refractivity (Wildman–Crippen MR) is 94.6 cm³/mol. The number of halogens is 1. The fraction of sp³-hybridized carbons (Fsp3) is 0.750. The third kappa shape index (κ3) is 7.81. The number of hydrazine groups is 1. The monoisotopic (exact) mass is 347 g/mol. The van der Waals surface area contributed by atoms with E-state index in [4.69, 9.17) is 21.1 Å². The highest BCUT2D eigenvalue weighted by Gasteiger charge is 2.33. The Morgan fingerprint density at radius 3 is 2.30 bits per heavy atom. The molecule has 0 fully saturated rings. The number of rotatable bonds is 8. The van der Waals surface area contributed by atoms with Crippen molar-refractivity contribution in [2.45, 2.75) is 65.7 Å². The van der Waals surface area contributed by atoms with Gasteiger partial charge in [0.05, 0.1) is 12.7 Å². The van der Waals surface area contributed by atoms with Gasteiger partial charge < -0.3 is 14.9 Å². The molecule has 6 nitrogen and oxygen atoms in total. The minimum absolute atomic E-state index is 0.108. The first-order valence-corrected chi connectivity index (χ1v) is 8.08.